The Morgan fingerprint density at radius 1 is 1.08 bits per heavy atom. The number of hydrogen-bond donors (Lipinski definition) is 3. The van der Waals surface area contributed by atoms with E-state index in [1.54, 1.807) is 12.4 Å². The molecular weight excluding hydrogens is 326 g/mol. The summed E-state index contributed by atoms with van der Waals surface area (Å²) in [7, 11) is 0. The van der Waals surface area contributed by atoms with E-state index in [0.29, 0.717) is 23.7 Å². The van der Waals surface area contributed by atoms with Gasteiger partial charge in [0.05, 0.1) is 12.1 Å². The van der Waals surface area contributed by atoms with Crippen LogP contribution < -0.4 is 5.32 Å². The van der Waals surface area contributed by atoms with Gasteiger partial charge in [0, 0.05) is 41.1 Å². The van der Waals surface area contributed by atoms with Gasteiger partial charge < -0.3 is 15.5 Å². The van der Waals surface area contributed by atoms with E-state index >= 15 is 0 Å². The Balaban J connectivity index is 1.61. The zero-order chi connectivity index (χ0) is 16.9. The molecule has 0 atom stereocenters. The lowest BCUT2D eigenvalue weighted by Crippen LogP contribution is -2.05. The summed E-state index contributed by atoms with van der Waals surface area (Å²) in [5.41, 5.74) is 2.46. The molecule has 122 valence electrons. The fraction of sp³-hybridized carbons (Fsp3) is 0.111. The number of fused-ring (bicyclic) bond motifs is 1. The lowest BCUT2D eigenvalue weighted by atomic mass is 10.2. The third kappa shape index (κ3) is 3.94. The number of hydrogen-bond acceptors (Lipinski definition) is 5. The first kappa shape index (κ1) is 16.1. The average Bonchev–Trinajstić information content (AvgIpc) is 2.53. The molecule has 0 saturated carbocycles. The van der Waals surface area contributed by atoms with Crippen LogP contribution in [0.15, 0.2) is 53.7 Å². The van der Waals surface area contributed by atoms with Gasteiger partial charge in [-0.15, -0.1) is 0 Å². The van der Waals surface area contributed by atoms with Gasteiger partial charge in [0.2, 0.25) is 0 Å². The minimum atomic E-state index is 0.0106. The molecule has 24 heavy (non-hydrogen) atoms. The molecule has 1 aromatic heterocycles. The van der Waals surface area contributed by atoms with Gasteiger partial charge in [-0.1, -0.05) is 11.6 Å². The van der Waals surface area contributed by atoms with Gasteiger partial charge in [-0.05, 0) is 42.0 Å². The molecule has 0 amide bonds. The topological polar surface area (TPSA) is 77.7 Å². The van der Waals surface area contributed by atoms with Gasteiger partial charge in [-0.25, -0.2) is 0 Å². The maximum Gasteiger partial charge on any atom is 0.119 e. The number of aromatic nitrogens is 1. The molecular formula is C18H16ClN3O2. The van der Waals surface area contributed by atoms with Gasteiger partial charge in [0.15, 0.2) is 0 Å². The number of anilines is 1. The number of benzene rings is 2. The van der Waals surface area contributed by atoms with Crippen molar-refractivity contribution >= 4 is 34.4 Å². The van der Waals surface area contributed by atoms with Crippen molar-refractivity contribution in [2.45, 2.75) is 0 Å². The minimum Gasteiger partial charge on any atom is -0.508 e. The number of aliphatic imine (C=N–C) groups is 1. The summed E-state index contributed by atoms with van der Waals surface area (Å²) in [6.45, 7) is 1.19. The van der Waals surface area contributed by atoms with Crippen LogP contribution in [-0.4, -0.2) is 34.5 Å². The number of halogens is 1. The molecule has 2 aromatic carbocycles. The van der Waals surface area contributed by atoms with Crippen LogP contribution in [0.25, 0.3) is 10.9 Å². The van der Waals surface area contributed by atoms with Crippen LogP contribution in [0.3, 0.4) is 0 Å². The highest BCUT2D eigenvalue weighted by atomic mass is 35.5. The number of aromatic hydroxyl groups is 2. The maximum atomic E-state index is 9.42. The molecule has 0 fully saturated rings. The number of rotatable bonds is 5. The van der Waals surface area contributed by atoms with Crippen molar-refractivity contribution in [1.29, 1.82) is 0 Å². The number of nitrogens with one attached hydrogen (secondary N) is 1. The predicted molar refractivity (Wildman–Crippen MR) is 97.5 cm³/mol. The van der Waals surface area contributed by atoms with E-state index in [1.807, 2.05) is 24.3 Å². The second-order valence-corrected chi connectivity index (χ2v) is 5.70. The third-order valence-electron chi connectivity index (χ3n) is 3.43. The number of pyridine rings is 1. The summed E-state index contributed by atoms with van der Waals surface area (Å²) >= 11 is 5.98. The van der Waals surface area contributed by atoms with E-state index in [2.05, 4.69) is 15.3 Å². The van der Waals surface area contributed by atoms with Gasteiger partial charge >= 0.3 is 0 Å². The van der Waals surface area contributed by atoms with Crippen molar-refractivity contribution in [3.05, 3.63) is 59.2 Å². The average molecular weight is 342 g/mol. The molecule has 0 aliphatic carbocycles. The summed E-state index contributed by atoms with van der Waals surface area (Å²) < 4.78 is 0. The molecule has 0 unspecified atom stereocenters. The quantitative estimate of drug-likeness (QED) is 0.487. The Kier molecular flexibility index (Phi) is 4.82. The monoisotopic (exact) mass is 341 g/mol. The van der Waals surface area contributed by atoms with Gasteiger partial charge in [0.25, 0.3) is 0 Å². The van der Waals surface area contributed by atoms with Crippen LogP contribution in [0.2, 0.25) is 5.02 Å². The van der Waals surface area contributed by atoms with E-state index in [-0.39, 0.29) is 11.5 Å². The second-order valence-electron chi connectivity index (χ2n) is 5.26. The Morgan fingerprint density at radius 2 is 1.88 bits per heavy atom. The van der Waals surface area contributed by atoms with Crippen molar-refractivity contribution in [3.63, 3.8) is 0 Å². The summed E-state index contributed by atoms with van der Waals surface area (Å²) in [6, 6.07) is 11.9. The highest BCUT2D eigenvalue weighted by Gasteiger charge is 2.02. The fourth-order valence-corrected chi connectivity index (χ4v) is 2.56. The molecule has 0 radical (unpaired) electrons. The zero-order valence-corrected chi connectivity index (χ0v) is 13.5. The summed E-state index contributed by atoms with van der Waals surface area (Å²) in [6.07, 6.45) is 3.35. The van der Waals surface area contributed by atoms with E-state index in [9.17, 15) is 10.2 Å². The predicted octanol–water partition coefficient (Wildman–Crippen LogP) is 3.83. The van der Waals surface area contributed by atoms with Crippen LogP contribution in [0.1, 0.15) is 5.56 Å². The van der Waals surface area contributed by atoms with Crippen molar-refractivity contribution in [3.8, 4) is 11.5 Å². The first-order valence-corrected chi connectivity index (χ1v) is 7.80. The highest BCUT2D eigenvalue weighted by Crippen LogP contribution is 2.24. The van der Waals surface area contributed by atoms with Gasteiger partial charge in [-0.3, -0.25) is 9.98 Å². The van der Waals surface area contributed by atoms with Crippen LogP contribution in [0.4, 0.5) is 5.69 Å². The molecule has 1 heterocycles. The van der Waals surface area contributed by atoms with Crippen LogP contribution in [0, 0.1) is 0 Å². The second kappa shape index (κ2) is 7.19. The van der Waals surface area contributed by atoms with Crippen LogP contribution >= 0.6 is 11.6 Å². The lowest BCUT2D eigenvalue weighted by molar-refractivity contribution is 0.450. The first-order valence-electron chi connectivity index (χ1n) is 7.43. The molecule has 5 nitrogen and oxygen atoms in total. The molecule has 6 heteroatoms. The van der Waals surface area contributed by atoms with Crippen LogP contribution in [-0.2, 0) is 0 Å². The summed E-state index contributed by atoms with van der Waals surface area (Å²) in [5, 5.41) is 23.8. The first-order chi connectivity index (χ1) is 11.6. The molecule has 0 spiro atoms. The Bertz CT molecular complexity index is 876. The van der Waals surface area contributed by atoms with E-state index < -0.39 is 0 Å². The highest BCUT2D eigenvalue weighted by molar-refractivity contribution is 6.31. The number of phenols is 2. The maximum absolute atomic E-state index is 9.42. The van der Waals surface area contributed by atoms with Crippen molar-refractivity contribution < 1.29 is 10.2 Å². The lowest BCUT2D eigenvalue weighted by Gasteiger charge is -2.08. The number of nitrogens with zero attached hydrogens (tertiary/aromatic N) is 2. The van der Waals surface area contributed by atoms with E-state index in [1.165, 1.54) is 18.2 Å². The molecule has 0 saturated heterocycles. The van der Waals surface area contributed by atoms with Crippen LogP contribution in [0.5, 0.6) is 11.5 Å². The fourth-order valence-electron chi connectivity index (χ4n) is 2.39. The minimum absolute atomic E-state index is 0.0106. The molecule has 3 rings (SSSR count). The van der Waals surface area contributed by atoms with Crippen molar-refractivity contribution in [2.24, 2.45) is 4.99 Å². The van der Waals surface area contributed by atoms with Crippen molar-refractivity contribution in [1.82, 2.24) is 4.98 Å². The summed E-state index contributed by atoms with van der Waals surface area (Å²) in [4.78, 5) is 8.59. The SMILES string of the molecule is Oc1cc(O)cc(C=NCCNc2ccnc3cc(Cl)ccc23)c1. The Morgan fingerprint density at radius 3 is 2.67 bits per heavy atom. The normalized spacial score (nSPS) is 11.2. The Hall–Kier alpha value is -2.79. The van der Waals surface area contributed by atoms with E-state index in [4.69, 9.17) is 11.6 Å². The van der Waals surface area contributed by atoms with Gasteiger partial charge in [-0.2, -0.15) is 0 Å². The third-order valence-corrected chi connectivity index (χ3v) is 3.66. The summed E-state index contributed by atoms with van der Waals surface area (Å²) in [5.74, 6) is 0.0213. The smallest absolute Gasteiger partial charge is 0.119 e. The van der Waals surface area contributed by atoms with Crippen molar-refractivity contribution in [2.75, 3.05) is 18.4 Å². The molecule has 3 N–H and O–H groups in total. The Labute approximate surface area is 144 Å². The molecule has 0 aliphatic heterocycles. The standard InChI is InChI=1S/C18H16ClN3O2/c19-13-1-2-16-17(3-4-21-18(16)9-13)22-6-5-20-11-12-7-14(23)10-15(24)8-12/h1-4,7-11,23-24H,5-6H2,(H,21,22). The molecule has 3 aromatic rings. The van der Waals surface area contributed by atoms with Gasteiger partial charge in [0.1, 0.15) is 11.5 Å². The molecule has 0 aliphatic rings. The largest absolute Gasteiger partial charge is 0.508 e. The van der Waals surface area contributed by atoms with E-state index in [0.717, 1.165) is 16.6 Å². The molecule has 0 bridgehead atoms. The zero-order valence-electron chi connectivity index (χ0n) is 12.8. The number of phenolic OH excluding ortho intramolecular Hbond substituents is 2.